The number of anilines is 2. The van der Waals surface area contributed by atoms with E-state index in [0.29, 0.717) is 23.7 Å². The normalized spacial score (nSPS) is 14.6. The zero-order valence-electron chi connectivity index (χ0n) is 18.6. The summed E-state index contributed by atoms with van der Waals surface area (Å²) in [6, 6.07) is 11.7. The number of benzene rings is 2. The van der Waals surface area contributed by atoms with Crippen molar-refractivity contribution in [3.05, 3.63) is 53.6 Å². The quantitative estimate of drug-likeness (QED) is 0.477. The lowest BCUT2D eigenvalue weighted by Crippen LogP contribution is -2.34. The fraction of sp³-hybridized carbons (Fsp3) is 0.417. The topological polar surface area (TPSA) is 87.3 Å². The van der Waals surface area contributed by atoms with Gasteiger partial charge in [0.1, 0.15) is 0 Å². The second kappa shape index (κ2) is 10.9. The third-order valence-electron chi connectivity index (χ3n) is 5.94. The predicted molar refractivity (Wildman–Crippen MR) is 133 cm³/mol. The number of hydrogen-bond acceptors (Lipinski definition) is 4. The van der Waals surface area contributed by atoms with Crippen LogP contribution >= 0.6 is 12.2 Å². The van der Waals surface area contributed by atoms with Gasteiger partial charge in [-0.2, -0.15) is 0 Å². The maximum Gasteiger partial charge on any atom is 0.261 e. The number of amides is 1. The van der Waals surface area contributed by atoms with Gasteiger partial charge < -0.3 is 10.6 Å². The maximum atomic E-state index is 12.7. The van der Waals surface area contributed by atoms with Crippen LogP contribution in [0.4, 0.5) is 11.4 Å². The van der Waals surface area contributed by atoms with Crippen molar-refractivity contribution in [1.29, 1.82) is 0 Å². The van der Waals surface area contributed by atoms with Gasteiger partial charge in [0.05, 0.1) is 4.90 Å². The van der Waals surface area contributed by atoms with Gasteiger partial charge in [0.15, 0.2) is 5.11 Å². The van der Waals surface area contributed by atoms with E-state index < -0.39 is 10.0 Å². The van der Waals surface area contributed by atoms with Gasteiger partial charge in [-0.05, 0) is 85.9 Å². The summed E-state index contributed by atoms with van der Waals surface area (Å²) in [6.45, 7) is 3.91. The summed E-state index contributed by atoms with van der Waals surface area (Å²) in [6.07, 6.45) is 7.62. The number of rotatable bonds is 7. The molecule has 3 N–H and O–H groups in total. The summed E-state index contributed by atoms with van der Waals surface area (Å²) in [4.78, 5) is 12.3. The molecule has 1 fully saturated rings. The second-order valence-corrected chi connectivity index (χ2v) is 10.6. The Morgan fingerprint density at radius 2 is 1.62 bits per heavy atom. The predicted octanol–water partition coefficient (Wildman–Crippen LogP) is 5.28. The van der Waals surface area contributed by atoms with Crippen LogP contribution in [0.25, 0.3) is 0 Å². The molecule has 0 heterocycles. The largest absolute Gasteiger partial charge is 0.332 e. The molecule has 172 valence electrons. The minimum Gasteiger partial charge on any atom is -0.332 e. The standard InChI is InChI=1S/C24H31N3O3S2/c1-17-8-10-21(16-18(17)2)27-32(29,30)22-13-11-20(12-14-22)25-24(31)26-23(28)15-9-19-6-4-3-5-7-19/h8,10-14,16,19,27H,3-7,9,15H2,1-2H3,(H2,25,26,28,31). The number of hydrogen-bond donors (Lipinski definition) is 3. The van der Waals surface area contributed by atoms with Crippen LogP contribution in [0, 0.1) is 19.8 Å². The van der Waals surface area contributed by atoms with Gasteiger partial charge in [0.2, 0.25) is 5.91 Å². The fourth-order valence-electron chi connectivity index (χ4n) is 3.90. The zero-order valence-corrected chi connectivity index (χ0v) is 20.2. The summed E-state index contributed by atoms with van der Waals surface area (Å²) in [5.41, 5.74) is 3.24. The first-order valence-corrected chi connectivity index (χ1v) is 12.9. The Balaban J connectivity index is 1.51. The van der Waals surface area contributed by atoms with E-state index in [9.17, 15) is 13.2 Å². The van der Waals surface area contributed by atoms with Crippen molar-refractivity contribution in [2.75, 3.05) is 10.0 Å². The van der Waals surface area contributed by atoms with Gasteiger partial charge >= 0.3 is 0 Å². The maximum absolute atomic E-state index is 12.7. The zero-order chi connectivity index (χ0) is 23.1. The number of sulfonamides is 1. The van der Waals surface area contributed by atoms with Crippen molar-refractivity contribution in [2.45, 2.75) is 63.7 Å². The van der Waals surface area contributed by atoms with Crippen LogP contribution < -0.4 is 15.4 Å². The summed E-state index contributed by atoms with van der Waals surface area (Å²) >= 11 is 5.22. The third kappa shape index (κ3) is 7.03. The van der Waals surface area contributed by atoms with Gasteiger partial charge in [0.25, 0.3) is 10.0 Å². The van der Waals surface area contributed by atoms with Crippen LogP contribution in [-0.4, -0.2) is 19.4 Å². The number of thiocarbonyl (C=S) groups is 1. The molecular weight excluding hydrogens is 442 g/mol. The molecular formula is C24H31N3O3S2. The van der Waals surface area contributed by atoms with Gasteiger partial charge in [-0.15, -0.1) is 0 Å². The summed E-state index contributed by atoms with van der Waals surface area (Å²) in [5, 5.41) is 5.85. The molecule has 0 atom stereocenters. The van der Waals surface area contributed by atoms with Crippen molar-refractivity contribution in [3.63, 3.8) is 0 Å². The Hall–Kier alpha value is -2.45. The summed E-state index contributed by atoms with van der Waals surface area (Å²) < 4.78 is 27.9. The molecule has 0 aliphatic heterocycles. The smallest absolute Gasteiger partial charge is 0.261 e. The minimum absolute atomic E-state index is 0.0927. The molecule has 2 aromatic rings. The lowest BCUT2D eigenvalue weighted by molar-refractivity contribution is -0.120. The van der Waals surface area contributed by atoms with E-state index in [2.05, 4.69) is 15.4 Å². The molecule has 1 saturated carbocycles. The van der Waals surface area contributed by atoms with E-state index >= 15 is 0 Å². The monoisotopic (exact) mass is 473 g/mol. The van der Waals surface area contributed by atoms with Crippen molar-refractivity contribution >= 4 is 44.6 Å². The number of aryl methyl sites for hydroxylation is 2. The second-order valence-electron chi connectivity index (χ2n) is 8.47. The molecule has 0 aromatic heterocycles. The first-order chi connectivity index (χ1) is 15.2. The Morgan fingerprint density at radius 1 is 0.969 bits per heavy atom. The van der Waals surface area contributed by atoms with Crippen molar-refractivity contribution < 1.29 is 13.2 Å². The Kier molecular flexibility index (Phi) is 8.26. The number of carbonyl (C=O) groups is 1. The van der Waals surface area contributed by atoms with Crippen LogP contribution in [0.2, 0.25) is 0 Å². The van der Waals surface area contributed by atoms with E-state index in [-0.39, 0.29) is 15.9 Å². The van der Waals surface area contributed by atoms with Gasteiger partial charge in [-0.25, -0.2) is 8.42 Å². The van der Waals surface area contributed by atoms with Gasteiger partial charge in [-0.3, -0.25) is 9.52 Å². The Morgan fingerprint density at radius 3 is 2.28 bits per heavy atom. The highest BCUT2D eigenvalue weighted by Gasteiger charge is 2.16. The van der Waals surface area contributed by atoms with E-state index in [4.69, 9.17) is 12.2 Å². The van der Waals surface area contributed by atoms with Crippen LogP contribution in [0.1, 0.15) is 56.1 Å². The van der Waals surface area contributed by atoms with Crippen LogP contribution in [-0.2, 0) is 14.8 Å². The first-order valence-electron chi connectivity index (χ1n) is 11.0. The summed E-state index contributed by atoms with van der Waals surface area (Å²) in [5.74, 6) is 0.549. The number of carbonyl (C=O) groups excluding carboxylic acids is 1. The van der Waals surface area contributed by atoms with Crippen LogP contribution in [0.5, 0.6) is 0 Å². The molecule has 1 amide bonds. The van der Waals surface area contributed by atoms with Crippen LogP contribution in [0.15, 0.2) is 47.4 Å². The lowest BCUT2D eigenvalue weighted by Gasteiger charge is -2.21. The Bertz CT molecular complexity index is 1060. The number of nitrogens with one attached hydrogen (secondary N) is 3. The SMILES string of the molecule is Cc1ccc(NS(=O)(=O)c2ccc(NC(=S)NC(=O)CCC3CCCCC3)cc2)cc1C. The molecule has 0 spiro atoms. The van der Waals surface area contributed by atoms with Crippen LogP contribution in [0.3, 0.4) is 0 Å². The highest BCUT2D eigenvalue weighted by Crippen LogP contribution is 2.27. The lowest BCUT2D eigenvalue weighted by atomic mass is 9.86. The van der Waals surface area contributed by atoms with E-state index in [0.717, 1.165) is 17.5 Å². The third-order valence-corrected chi connectivity index (χ3v) is 7.54. The molecule has 2 aromatic carbocycles. The highest BCUT2D eigenvalue weighted by molar-refractivity contribution is 7.92. The van der Waals surface area contributed by atoms with Crippen molar-refractivity contribution in [2.24, 2.45) is 5.92 Å². The molecule has 0 bridgehead atoms. The highest BCUT2D eigenvalue weighted by atomic mass is 32.2. The van der Waals surface area contributed by atoms with Crippen molar-refractivity contribution in [1.82, 2.24) is 5.32 Å². The van der Waals surface area contributed by atoms with Gasteiger partial charge in [0, 0.05) is 17.8 Å². The average molecular weight is 474 g/mol. The molecule has 1 aliphatic carbocycles. The molecule has 0 unspecified atom stereocenters. The molecule has 0 saturated heterocycles. The minimum atomic E-state index is -3.71. The molecule has 3 rings (SSSR count). The first kappa shape index (κ1) is 24.2. The summed E-state index contributed by atoms with van der Waals surface area (Å²) in [7, 11) is -3.71. The average Bonchev–Trinajstić information content (AvgIpc) is 2.76. The fourth-order valence-corrected chi connectivity index (χ4v) is 5.18. The molecule has 6 nitrogen and oxygen atoms in total. The molecule has 1 aliphatic rings. The Labute approximate surface area is 196 Å². The van der Waals surface area contributed by atoms with E-state index in [1.807, 2.05) is 19.9 Å². The van der Waals surface area contributed by atoms with Crippen molar-refractivity contribution in [3.8, 4) is 0 Å². The molecule has 8 heteroatoms. The molecule has 32 heavy (non-hydrogen) atoms. The van der Waals surface area contributed by atoms with Gasteiger partial charge in [-0.1, -0.05) is 38.2 Å². The van der Waals surface area contributed by atoms with E-state index in [1.54, 1.807) is 24.3 Å². The van der Waals surface area contributed by atoms with E-state index in [1.165, 1.54) is 44.2 Å². The molecule has 0 radical (unpaired) electrons.